The van der Waals surface area contributed by atoms with Gasteiger partial charge in [-0.25, -0.2) is 0 Å². The fourth-order valence-corrected chi connectivity index (χ4v) is 4.33. The summed E-state index contributed by atoms with van der Waals surface area (Å²) < 4.78 is 2.12. The molecule has 0 bridgehead atoms. The molecule has 3 atom stereocenters. The first-order valence-corrected chi connectivity index (χ1v) is 8.15. The van der Waals surface area contributed by atoms with Gasteiger partial charge in [-0.3, -0.25) is 9.58 Å². The Morgan fingerprint density at radius 1 is 1.30 bits per heavy atom. The number of fused-ring (bicyclic) bond motifs is 1. The molecular formula is C16H28N4. The fraction of sp³-hybridized carbons (Fsp3) is 0.812. The first-order chi connectivity index (χ1) is 9.61. The Morgan fingerprint density at radius 3 is 2.80 bits per heavy atom. The van der Waals surface area contributed by atoms with Crippen LogP contribution in [0.5, 0.6) is 0 Å². The number of aryl methyl sites for hydroxylation is 2. The molecule has 0 saturated carbocycles. The predicted molar refractivity (Wildman–Crippen MR) is 81.9 cm³/mol. The highest BCUT2D eigenvalue weighted by Crippen LogP contribution is 2.30. The summed E-state index contributed by atoms with van der Waals surface area (Å²) in [5.41, 5.74) is 3.92. The Kier molecular flexibility index (Phi) is 3.87. The molecule has 0 radical (unpaired) electrons. The summed E-state index contributed by atoms with van der Waals surface area (Å²) in [4.78, 5) is 2.67. The maximum Gasteiger partial charge on any atom is 0.0644 e. The van der Waals surface area contributed by atoms with Crippen LogP contribution in [0, 0.1) is 13.8 Å². The second kappa shape index (κ2) is 5.49. The van der Waals surface area contributed by atoms with Crippen molar-refractivity contribution in [2.75, 3.05) is 13.1 Å². The van der Waals surface area contributed by atoms with E-state index in [0.29, 0.717) is 12.1 Å². The minimum absolute atomic E-state index is 0.404. The van der Waals surface area contributed by atoms with Crippen LogP contribution in [0.15, 0.2) is 0 Å². The van der Waals surface area contributed by atoms with Crippen molar-refractivity contribution < 1.29 is 0 Å². The average molecular weight is 276 g/mol. The van der Waals surface area contributed by atoms with Gasteiger partial charge in [0, 0.05) is 42.5 Å². The van der Waals surface area contributed by atoms with Crippen molar-refractivity contribution in [2.45, 2.75) is 71.6 Å². The van der Waals surface area contributed by atoms with E-state index >= 15 is 0 Å². The molecule has 1 N–H and O–H groups in total. The van der Waals surface area contributed by atoms with E-state index in [2.05, 4.69) is 47.7 Å². The van der Waals surface area contributed by atoms with Crippen LogP contribution in [0.4, 0.5) is 0 Å². The smallest absolute Gasteiger partial charge is 0.0644 e. The Hall–Kier alpha value is -0.870. The molecule has 2 saturated heterocycles. The zero-order chi connectivity index (χ0) is 14.3. The van der Waals surface area contributed by atoms with Gasteiger partial charge < -0.3 is 5.32 Å². The molecule has 0 amide bonds. The van der Waals surface area contributed by atoms with E-state index in [-0.39, 0.29) is 0 Å². The maximum atomic E-state index is 4.66. The Balaban J connectivity index is 1.73. The third kappa shape index (κ3) is 2.29. The summed E-state index contributed by atoms with van der Waals surface area (Å²) in [6.45, 7) is 12.4. The highest BCUT2D eigenvalue weighted by atomic mass is 15.3. The molecule has 112 valence electrons. The van der Waals surface area contributed by atoms with Gasteiger partial charge in [-0.05, 0) is 53.5 Å². The molecule has 0 spiro atoms. The van der Waals surface area contributed by atoms with E-state index in [4.69, 9.17) is 0 Å². The highest BCUT2D eigenvalue weighted by Gasteiger charge is 2.37. The zero-order valence-corrected chi connectivity index (χ0v) is 13.3. The summed E-state index contributed by atoms with van der Waals surface area (Å²) in [7, 11) is 0. The molecule has 1 aromatic rings. The summed E-state index contributed by atoms with van der Waals surface area (Å²) in [6, 6.07) is 1.84. The van der Waals surface area contributed by atoms with E-state index in [0.717, 1.165) is 12.6 Å². The quantitative estimate of drug-likeness (QED) is 0.917. The highest BCUT2D eigenvalue weighted by molar-refractivity contribution is 5.28. The van der Waals surface area contributed by atoms with E-state index in [1.165, 1.54) is 49.3 Å². The molecule has 2 fully saturated rings. The van der Waals surface area contributed by atoms with Crippen molar-refractivity contribution >= 4 is 0 Å². The second-order valence-corrected chi connectivity index (χ2v) is 6.43. The number of hydrogen-bond acceptors (Lipinski definition) is 3. The number of nitrogens with one attached hydrogen (secondary N) is 1. The molecule has 3 rings (SSSR count). The van der Waals surface area contributed by atoms with Gasteiger partial charge in [0.25, 0.3) is 0 Å². The predicted octanol–water partition coefficient (Wildman–Crippen LogP) is 2.41. The van der Waals surface area contributed by atoms with Crippen molar-refractivity contribution in [3.63, 3.8) is 0 Å². The van der Waals surface area contributed by atoms with Gasteiger partial charge in [-0.2, -0.15) is 5.10 Å². The van der Waals surface area contributed by atoms with E-state index < -0.39 is 0 Å². The van der Waals surface area contributed by atoms with Crippen LogP contribution in [0.1, 0.15) is 56.1 Å². The largest absolute Gasteiger partial charge is 0.306 e. The van der Waals surface area contributed by atoms with Crippen molar-refractivity contribution in [3.8, 4) is 0 Å². The molecule has 3 unspecified atom stereocenters. The van der Waals surface area contributed by atoms with Crippen LogP contribution < -0.4 is 5.32 Å². The number of hydrogen-bond donors (Lipinski definition) is 1. The number of aromatic nitrogens is 2. The molecule has 3 heterocycles. The van der Waals surface area contributed by atoms with Crippen molar-refractivity contribution in [1.29, 1.82) is 0 Å². The van der Waals surface area contributed by atoms with Crippen LogP contribution >= 0.6 is 0 Å². The normalized spacial score (nSPS) is 28.0. The standard InChI is InChI=1S/C16H28N4/c1-5-20-13(4)16(12(3)18-20)11(2)17-14-8-10-19-9-6-7-15(14)19/h11,14-15,17H,5-10H2,1-4H3. The topological polar surface area (TPSA) is 33.1 Å². The van der Waals surface area contributed by atoms with Crippen LogP contribution in [-0.4, -0.2) is 39.9 Å². The third-order valence-electron chi connectivity index (χ3n) is 5.24. The SMILES string of the molecule is CCn1nc(C)c(C(C)NC2CCN3CCCC23)c1C. The van der Waals surface area contributed by atoms with Gasteiger partial charge in [0.1, 0.15) is 0 Å². The minimum Gasteiger partial charge on any atom is -0.306 e. The molecule has 2 aliphatic heterocycles. The second-order valence-electron chi connectivity index (χ2n) is 6.43. The zero-order valence-electron chi connectivity index (χ0n) is 13.3. The van der Waals surface area contributed by atoms with Crippen molar-refractivity contribution in [1.82, 2.24) is 20.0 Å². The van der Waals surface area contributed by atoms with E-state index in [1.54, 1.807) is 0 Å². The molecule has 2 aliphatic rings. The number of nitrogens with zero attached hydrogens (tertiary/aromatic N) is 3. The lowest BCUT2D eigenvalue weighted by atomic mass is 10.0. The van der Waals surface area contributed by atoms with Gasteiger partial charge in [0.2, 0.25) is 0 Å². The van der Waals surface area contributed by atoms with Gasteiger partial charge in [-0.1, -0.05) is 0 Å². The molecule has 4 nitrogen and oxygen atoms in total. The summed E-state index contributed by atoms with van der Waals surface area (Å²) >= 11 is 0. The summed E-state index contributed by atoms with van der Waals surface area (Å²) in [5.74, 6) is 0. The van der Waals surface area contributed by atoms with E-state index in [9.17, 15) is 0 Å². The summed E-state index contributed by atoms with van der Waals surface area (Å²) in [5, 5.41) is 8.55. The van der Waals surface area contributed by atoms with Crippen LogP contribution in [0.25, 0.3) is 0 Å². The molecule has 0 aromatic carbocycles. The lowest BCUT2D eigenvalue weighted by molar-refractivity contribution is 0.291. The third-order valence-corrected chi connectivity index (χ3v) is 5.24. The maximum absolute atomic E-state index is 4.66. The van der Waals surface area contributed by atoms with Crippen LogP contribution in [-0.2, 0) is 6.54 Å². The summed E-state index contributed by atoms with van der Waals surface area (Å²) in [6.07, 6.45) is 4.05. The van der Waals surface area contributed by atoms with Gasteiger partial charge in [0.05, 0.1) is 5.69 Å². The van der Waals surface area contributed by atoms with Crippen LogP contribution in [0.3, 0.4) is 0 Å². The lowest BCUT2D eigenvalue weighted by Crippen LogP contribution is -2.40. The lowest BCUT2D eigenvalue weighted by Gasteiger charge is -2.25. The first kappa shape index (κ1) is 14.1. The molecule has 20 heavy (non-hydrogen) atoms. The molecule has 4 heteroatoms. The average Bonchev–Trinajstić information content (AvgIpc) is 3.06. The van der Waals surface area contributed by atoms with E-state index in [1.807, 2.05) is 0 Å². The fourth-order valence-electron chi connectivity index (χ4n) is 4.33. The van der Waals surface area contributed by atoms with Crippen LogP contribution in [0.2, 0.25) is 0 Å². The van der Waals surface area contributed by atoms with Crippen molar-refractivity contribution in [3.05, 3.63) is 17.0 Å². The molecule has 1 aromatic heterocycles. The first-order valence-electron chi connectivity index (χ1n) is 8.15. The Bertz CT molecular complexity index is 479. The molecular weight excluding hydrogens is 248 g/mol. The minimum atomic E-state index is 0.404. The van der Waals surface area contributed by atoms with Gasteiger partial charge >= 0.3 is 0 Å². The Labute approximate surface area is 122 Å². The monoisotopic (exact) mass is 276 g/mol. The van der Waals surface area contributed by atoms with Gasteiger partial charge in [0.15, 0.2) is 0 Å². The van der Waals surface area contributed by atoms with Gasteiger partial charge in [-0.15, -0.1) is 0 Å². The molecule has 0 aliphatic carbocycles. The Morgan fingerprint density at radius 2 is 2.10 bits per heavy atom. The van der Waals surface area contributed by atoms with Crippen molar-refractivity contribution in [2.24, 2.45) is 0 Å². The number of rotatable bonds is 4.